The van der Waals surface area contributed by atoms with Gasteiger partial charge in [-0.15, -0.1) is 0 Å². The van der Waals surface area contributed by atoms with E-state index in [-0.39, 0.29) is 10.9 Å². The van der Waals surface area contributed by atoms with Gasteiger partial charge in [-0.2, -0.15) is 5.10 Å². The van der Waals surface area contributed by atoms with E-state index < -0.39 is 10.0 Å². The van der Waals surface area contributed by atoms with Crippen molar-refractivity contribution in [3.63, 3.8) is 0 Å². The van der Waals surface area contributed by atoms with Crippen molar-refractivity contribution in [1.29, 1.82) is 0 Å². The number of aromatic nitrogens is 2. The smallest absolute Gasteiger partial charge is 0.241 e. The molecule has 1 atom stereocenters. The molecule has 7 heteroatoms. The first-order valence-corrected chi connectivity index (χ1v) is 8.14. The van der Waals surface area contributed by atoms with Crippen molar-refractivity contribution in [3.05, 3.63) is 41.7 Å². The fourth-order valence-corrected chi connectivity index (χ4v) is 3.77. The lowest BCUT2D eigenvalue weighted by Gasteiger charge is -2.17. The van der Waals surface area contributed by atoms with Gasteiger partial charge in [0.2, 0.25) is 10.0 Å². The Labute approximate surface area is 125 Å². The lowest BCUT2D eigenvalue weighted by molar-refractivity contribution is 0.493. The molecule has 0 fully saturated rings. The molecular formula is C14H20N4O2S. The van der Waals surface area contributed by atoms with Crippen LogP contribution in [0.15, 0.2) is 35.5 Å². The minimum absolute atomic E-state index is 0.229. The molecule has 0 aliphatic carbocycles. The van der Waals surface area contributed by atoms with E-state index in [4.69, 9.17) is 5.73 Å². The van der Waals surface area contributed by atoms with Gasteiger partial charge in [-0.3, -0.25) is 4.68 Å². The number of sulfonamides is 1. The van der Waals surface area contributed by atoms with Gasteiger partial charge >= 0.3 is 0 Å². The van der Waals surface area contributed by atoms with E-state index in [9.17, 15) is 8.42 Å². The molecule has 0 aliphatic heterocycles. The predicted molar refractivity (Wildman–Crippen MR) is 82.3 cm³/mol. The summed E-state index contributed by atoms with van der Waals surface area (Å²) >= 11 is 0. The number of nitrogens with two attached hydrogens (primary N) is 1. The zero-order chi connectivity index (χ0) is 15.6. The largest absolute Gasteiger partial charge is 0.399 e. The van der Waals surface area contributed by atoms with E-state index >= 15 is 0 Å². The van der Waals surface area contributed by atoms with E-state index in [1.807, 2.05) is 6.92 Å². The summed E-state index contributed by atoms with van der Waals surface area (Å²) in [5.41, 5.74) is 7.77. The van der Waals surface area contributed by atoms with E-state index in [1.165, 1.54) is 6.07 Å². The molecule has 1 unspecified atom stereocenters. The Morgan fingerprint density at radius 1 is 1.38 bits per heavy atom. The highest BCUT2D eigenvalue weighted by molar-refractivity contribution is 7.89. The van der Waals surface area contributed by atoms with E-state index in [0.29, 0.717) is 17.8 Å². The first-order valence-electron chi connectivity index (χ1n) is 6.66. The molecule has 0 aliphatic rings. The molecule has 2 aromatic rings. The predicted octanol–water partition coefficient (Wildman–Crippen LogP) is 1.45. The molecule has 0 spiro atoms. The molecule has 1 heterocycles. The average molecular weight is 308 g/mol. The summed E-state index contributed by atoms with van der Waals surface area (Å²) in [5, 5.41) is 4.07. The number of anilines is 1. The fraction of sp³-hybridized carbons (Fsp3) is 0.357. The summed E-state index contributed by atoms with van der Waals surface area (Å²) in [4.78, 5) is 0.229. The third-order valence-corrected chi connectivity index (χ3v) is 5.02. The number of hydrogen-bond acceptors (Lipinski definition) is 4. The zero-order valence-electron chi connectivity index (χ0n) is 12.4. The fourth-order valence-electron chi connectivity index (χ4n) is 2.19. The van der Waals surface area contributed by atoms with Crippen molar-refractivity contribution >= 4 is 15.7 Å². The van der Waals surface area contributed by atoms with Crippen molar-refractivity contribution in [2.24, 2.45) is 0 Å². The second-order valence-electron chi connectivity index (χ2n) is 5.21. The van der Waals surface area contributed by atoms with Crippen LogP contribution in [-0.2, 0) is 16.6 Å². The number of aryl methyl sites for hydroxylation is 1. The van der Waals surface area contributed by atoms with Gasteiger partial charge in [0.25, 0.3) is 0 Å². The Morgan fingerprint density at radius 3 is 2.71 bits per heavy atom. The normalized spacial score (nSPS) is 13.3. The van der Waals surface area contributed by atoms with Gasteiger partial charge < -0.3 is 5.73 Å². The van der Waals surface area contributed by atoms with Crippen LogP contribution in [0, 0.1) is 13.8 Å². The highest BCUT2D eigenvalue weighted by Crippen LogP contribution is 2.22. The summed E-state index contributed by atoms with van der Waals surface area (Å²) < 4.78 is 29.3. The van der Waals surface area contributed by atoms with Crippen LogP contribution in [0.3, 0.4) is 0 Å². The molecule has 0 bridgehead atoms. The zero-order valence-corrected chi connectivity index (χ0v) is 13.2. The summed E-state index contributed by atoms with van der Waals surface area (Å²) in [6.45, 7) is 5.89. The highest BCUT2D eigenvalue weighted by atomic mass is 32.2. The second kappa shape index (κ2) is 5.87. The Morgan fingerprint density at radius 2 is 2.10 bits per heavy atom. The first kappa shape index (κ1) is 15.5. The third kappa shape index (κ3) is 3.62. The number of nitrogens with one attached hydrogen (secondary N) is 1. The Hall–Kier alpha value is -1.86. The van der Waals surface area contributed by atoms with Crippen molar-refractivity contribution in [3.8, 4) is 0 Å². The molecular weight excluding hydrogens is 288 g/mol. The lowest BCUT2D eigenvalue weighted by Crippen LogP contribution is -2.36. The van der Waals surface area contributed by atoms with Crippen molar-refractivity contribution in [2.45, 2.75) is 38.3 Å². The van der Waals surface area contributed by atoms with Crippen LogP contribution >= 0.6 is 0 Å². The maximum Gasteiger partial charge on any atom is 0.241 e. The van der Waals surface area contributed by atoms with Gasteiger partial charge in [-0.05, 0) is 50.1 Å². The Balaban J connectivity index is 2.22. The summed E-state index contributed by atoms with van der Waals surface area (Å²) in [7, 11) is -3.61. The van der Waals surface area contributed by atoms with E-state index in [1.54, 1.807) is 43.1 Å². The Kier molecular flexibility index (Phi) is 4.34. The molecule has 3 N–H and O–H groups in total. The minimum atomic E-state index is -3.61. The first-order chi connectivity index (χ1) is 9.79. The third-order valence-electron chi connectivity index (χ3n) is 3.31. The van der Waals surface area contributed by atoms with Crippen LogP contribution in [0.5, 0.6) is 0 Å². The number of nitrogen functional groups attached to an aromatic ring is 1. The molecule has 0 saturated carbocycles. The molecule has 114 valence electrons. The standard InChI is InChI=1S/C14H20N4O2S/c1-10-7-13(15)8-14(12(10)3)21(19,20)17-11(2)9-18-6-4-5-16-18/h4-8,11,17H,9,15H2,1-3H3. The van der Waals surface area contributed by atoms with Gasteiger partial charge in [0.1, 0.15) is 0 Å². The number of nitrogens with zero attached hydrogens (tertiary/aromatic N) is 2. The van der Waals surface area contributed by atoms with Crippen LogP contribution in [0.1, 0.15) is 18.1 Å². The summed E-state index contributed by atoms with van der Waals surface area (Å²) in [6, 6.07) is 4.77. The van der Waals surface area contributed by atoms with Gasteiger partial charge in [0.05, 0.1) is 11.4 Å². The van der Waals surface area contributed by atoms with Crippen LogP contribution in [0.2, 0.25) is 0 Å². The lowest BCUT2D eigenvalue weighted by atomic mass is 10.1. The minimum Gasteiger partial charge on any atom is -0.399 e. The van der Waals surface area contributed by atoms with Gasteiger partial charge in [-0.25, -0.2) is 13.1 Å². The van der Waals surface area contributed by atoms with Crippen LogP contribution in [0.25, 0.3) is 0 Å². The topological polar surface area (TPSA) is 90.0 Å². The summed E-state index contributed by atoms with van der Waals surface area (Å²) in [5.74, 6) is 0. The van der Waals surface area contributed by atoms with Crippen molar-refractivity contribution < 1.29 is 8.42 Å². The average Bonchev–Trinajstić information content (AvgIpc) is 2.85. The SMILES string of the molecule is Cc1cc(N)cc(S(=O)(=O)NC(C)Cn2cccn2)c1C. The monoisotopic (exact) mass is 308 g/mol. The maximum atomic E-state index is 12.5. The number of rotatable bonds is 5. The quantitative estimate of drug-likeness (QED) is 0.818. The van der Waals surface area contributed by atoms with Gasteiger partial charge in [0, 0.05) is 24.1 Å². The van der Waals surface area contributed by atoms with E-state index in [2.05, 4.69) is 9.82 Å². The van der Waals surface area contributed by atoms with Crippen LogP contribution < -0.4 is 10.5 Å². The highest BCUT2D eigenvalue weighted by Gasteiger charge is 2.21. The molecule has 1 aromatic heterocycles. The van der Waals surface area contributed by atoms with Crippen molar-refractivity contribution in [2.75, 3.05) is 5.73 Å². The second-order valence-corrected chi connectivity index (χ2v) is 6.89. The van der Waals surface area contributed by atoms with Gasteiger partial charge in [-0.1, -0.05) is 0 Å². The number of benzene rings is 1. The number of hydrogen-bond donors (Lipinski definition) is 2. The molecule has 21 heavy (non-hydrogen) atoms. The van der Waals surface area contributed by atoms with E-state index in [0.717, 1.165) is 5.56 Å². The van der Waals surface area contributed by atoms with Crippen molar-refractivity contribution in [1.82, 2.24) is 14.5 Å². The molecule has 1 aromatic carbocycles. The molecule has 0 saturated heterocycles. The summed E-state index contributed by atoms with van der Waals surface area (Å²) in [6.07, 6.45) is 3.45. The maximum absolute atomic E-state index is 12.5. The molecule has 0 amide bonds. The van der Waals surface area contributed by atoms with Gasteiger partial charge in [0.15, 0.2) is 0 Å². The molecule has 6 nitrogen and oxygen atoms in total. The van der Waals surface area contributed by atoms with Crippen LogP contribution in [0.4, 0.5) is 5.69 Å². The van der Waals surface area contributed by atoms with Crippen LogP contribution in [-0.4, -0.2) is 24.2 Å². The molecule has 0 radical (unpaired) electrons. The molecule has 2 rings (SSSR count). The Bertz CT molecular complexity index is 724.